The van der Waals surface area contributed by atoms with Crippen molar-refractivity contribution < 1.29 is 61.9 Å². The average molecular weight is 563 g/mol. The Morgan fingerprint density at radius 3 is 0.923 bits per heavy atom. The summed E-state index contributed by atoms with van der Waals surface area (Å²) in [6.45, 7) is 11.0. The highest BCUT2D eigenvalue weighted by atomic mass is 16.9. The van der Waals surface area contributed by atoms with E-state index >= 15 is 0 Å². The van der Waals surface area contributed by atoms with Gasteiger partial charge >= 0.3 is 0 Å². The monoisotopic (exact) mass is 562 g/mol. The van der Waals surface area contributed by atoms with E-state index in [0.29, 0.717) is 79.3 Å². The van der Waals surface area contributed by atoms with Crippen molar-refractivity contribution in [3.05, 3.63) is 0 Å². The van der Waals surface area contributed by atoms with Crippen molar-refractivity contribution in [2.45, 2.75) is 38.7 Å². The fourth-order valence-corrected chi connectivity index (χ4v) is 5.40. The van der Waals surface area contributed by atoms with Crippen molar-refractivity contribution in [2.75, 3.05) is 106 Å². The molecule has 0 aliphatic carbocycles. The molecule has 9 aliphatic rings. The van der Waals surface area contributed by atoms with Gasteiger partial charge in [0.2, 0.25) is 0 Å². The highest BCUT2D eigenvalue weighted by molar-refractivity contribution is 4.91. The zero-order valence-corrected chi connectivity index (χ0v) is 23.2. The predicted molar refractivity (Wildman–Crippen MR) is 128 cm³/mol. The topological polar surface area (TPSA) is 131 Å². The minimum Gasteiger partial charge on any atom is -0.396 e. The Morgan fingerprint density at radius 2 is 0.718 bits per heavy atom. The third kappa shape index (κ3) is 5.89. The van der Waals surface area contributed by atoms with Gasteiger partial charge in [0.15, 0.2) is 0 Å². The molecule has 9 fully saturated rings. The fraction of sp³-hybridized carbons (Fsp3) is 1.00. The van der Waals surface area contributed by atoms with Gasteiger partial charge < -0.3 is 61.9 Å². The number of hydrogen-bond acceptors (Lipinski definition) is 13. The molecule has 9 aliphatic heterocycles. The molecule has 6 bridgehead atoms. The Bertz CT molecular complexity index is 699. The summed E-state index contributed by atoms with van der Waals surface area (Å²) in [5.74, 6) is -2.93. The van der Waals surface area contributed by atoms with Crippen molar-refractivity contribution in [2.24, 2.45) is 21.7 Å². The highest BCUT2D eigenvalue weighted by Crippen LogP contribution is 2.41. The van der Waals surface area contributed by atoms with Crippen LogP contribution in [0.25, 0.3) is 0 Å². The van der Waals surface area contributed by atoms with E-state index in [1.807, 2.05) is 0 Å². The summed E-state index contributed by atoms with van der Waals surface area (Å²) in [6, 6.07) is 0. The molecule has 9 saturated heterocycles. The number of fused-ring (bicyclic) bond motifs is 9. The highest BCUT2D eigenvalue weighted by Gasteiger charge is 2.53. The number of ether oxygens (including phenoxy) is 12. The smallest absolute Gasteiger partial charge is 0.279 e. The molecule has 13 nitrogen and oxygen atoms in total. The third-order valence-corrected chi connectivity index (χ3v) is 8.55. The van der Waals surface area contributed by atoms with E-state index in [1.54, 1.807) is 20.8 Å². The van der Waals surface area contributed by atoms with Gasteiger partial charge in [-0.3, -0.25) is 0 Å². The molecule has 0 atom stereocenters. The largest absolute Gasteiger partial charge is 0.396 e. The first kappa shape index (κ1) is 28.6. The van der Waals surface area contributed by atoms with Gasteiger partial charge in [-0.25, -0.2) is 0 Å². The van der Waals surface area contributed by atoms with E-state index in [4.69, 9.17) is 56.8 Å². The number of hydrogen-bond donors (Lipinski definition) is 1. The molecule has 1 N–H and O–H groups in total. The Hall–Kier alpha value is -0.520. The predicted octanol–water partition coefficient (Wildman–Crippen LogP) is 0.226. The van der Waals surface area contributed by atoms with Crippen LogP contribution in [0.15, 0.2) is 0 Å². The molecule has 0 saturated carbocycles. The average Bonchev–Trinajstić information content (AvgIpc) is 2.95. The first-order chi connectivity index (χ1) is 18.5. The van der Waals surface area contributed by atoms with Gasteiger partial charge in [-0.15, -0.1) is 0 Å². The Balaban J connectivity index is 1.06. The van der Waals surface area contributed by atoms with Crippen LogP contribution in [0, 0.1) is 21.7 Å². The minimum absolute atomic E-state index is 0.200. The van der Waals surface area contributed by atoms with Crippen LogP contribution >= 0.6 is 0 Å². The van der Waals surface area contributed by atoms with Crippen molar-refractivity contribution in [1.29, 1.82) is 0 Å². The van der Waals surface area contributed by atoms with Gasteiger partial charge in [0.1, 0.15) is 0 Å². The molecule has 0 aromatic carbocycles. The van der Waals surface area contributed by atoms with Gasteiger partial charge in [0.05, 0.1) is 127 Å². The summed E-state index contributed by atoms with van der Waals surface area (Å²) in [7, 11) is 0. The molecular weight excluding hydrogens is 520 g/mol. The van der Waals surface area contributed by atoms with Crippen molar-refractivity contribution >= 4 is 0 Å². The summed E-state index contributed by atoms with van der Waals surface area (Å²) in [5, 5.41) is 10.6. The molecule has 39 heavy (non-hydrogen) atoms. The first-order valence-corrected chi connectivity index (χ1v) is 13.6. The van der Waals surface area contributed by atoms with Crippen LogP contribution in [-0.4, -0.2) is 129 Å². The molecule has 0 aromatic rings. The van der Waals surface area contributed by atoms with Gasteiger partial charge in [-0.05, 0) is 0 Å². The van der Waals surface area contributed by atoms with Crippen LogP contribution in [0.2, 0.25) is 0 Å². The Morgan fingerprint density at radius 1 is 0.487 bits per heavy atom. The maximum atomic E-state index is 10.6. The second-order valence-corrected chi connectivity index (χ2v) is 12.8. The number of aliphatic hydroxyl groups excluding tert-OH is 1. The van der Waals surface area contributed by atoms with Gasteiger partial charge in [-0.2, -0.15) is 0 Å². The number of rotatable bonds is 13. The molecule has 0 spiro atoms. The molecule has 0 aromatic heterocycles. The second kappa shape index (κ2) is 10.3. The Labute approximate surface area is 228 Å². The van der Waals surface area contributed by atoms with Crippen LogP contribution in [0.1, 0.15) is 20.8 Å². The summed E-state index contributed by atoms with van der Waals surface area (Å²) < 4.78 is 70.0. The maximum absolute atomic E-state index is 10.6. The summed E-state index contributed by atoms with van der Waals surface area (Å²) >= 11 is 0. The molecule has 0 unspecified atom stereocenters. The SMILES string of the molecule is CC12OCC(COCC(CO)(COCC34COC(C)(OC3)OC4)COCC34COC(C)(OC3)OC4)(CO1)CO2. The van der Waals surface area contributed by atoms with E-state index in [0.717, 1.165) is 0 Å². The number of aliphatic hydroxyl groups is 1. The maximum Gasteiger partial charge on any atom is 0.279 e. The van der Waals surface area contributed by atoms with Crippen molar-refractivity contribution in [1.82, 2.24) is 0 Å². The van der Waals surface area contributed by atoms with E-state index < -0.39 is 39.6 Å². The lowest BCUT2D eigenvalue weighted by Gasteiger charge is -2.51. The van der Waals surface area contributed by atoms with Gasteiger partial charge in [0, 0.05) is 20.8 Å². The standard InChI is InChI=1S/C26H42O13/c1-20-31-11-24(12-32-20,13-33-20)8-28-5-23(4-27,6-29-9-25-14-34-21(2,35-15-25)36-16-25)7-30-10-26-17-37-22(3,38-18-26)39-19-26/h27H,4-19H2,1-3H3. The molecule has 9 heterocycles. The zero-order chi connectivity index (χ0) is 27.3. The van der Waals surface area contributed by atoms with Crippen LogP contribution in [0.4, 0.5) is 0 Å². The summed E-state index contributed by atoms with van der Waals surface area (Å²) in [5.41, 5.74) is -2.02. The Kier molecular flexibility index (Phi) is 7.57. The lowest BCUT2D eigenvalue weighted by Crippen LogP contribution is -2.61. The van der Waals surface area contributed by atoms with E-state index in [1.165, 1.54) is 0 Å². The molecule has 224 valence electrons. The van der Waals surface area contributed by atoms with Gasteiger partial charge in [0.25, 0.3) is 17.9 Å². The van der Waals surface area contributed by atoms with Crippen LogP contribution in [-0.2, 0) is 56.8 Å². The quantitative estimate of drug-likeness (QED) is 0.329. The lowest BCUT2D eigenvalue weighted by atomic mass is 9.88. The zero-order valence-electron chi connectivity index (χ0n) is 23.2. The van der Waals surface area contributed by atoms with Crippen molar-refractivity contribution in [3.63, 3.8) is 0 Å². The first-order valence-electron chi connectivity index (χ1n) is 13.6. The lowest BCUT2D eigenvalue weighted by molar-refractivity contribution is -0.463. The fourth-order valence-electron chi connectivity index (χ4n) is 5.40. The summed E-state index contributed by atoms with van der Waals surface area (Å²) in [6.07, 6.45) is 0. The molecule has 0 amide bonds. The molecule has 9 rings (SSSR count). The van der Waals surface area contributed by atoms with E-state index in [-0.39, 0.29) is 26.4 Å². The van der Waals surface area contributed by atoms with Crippen molar-refractivity contribution in [3.8, 4) is 0 Å². The van der Waals surface area contributed by atoms with Gasteiger partial charge in [-0.1, -0.05) is 0 Å². The molecule has 13 heteroatoms. The van der Waals surface area contributed by atoms with Crippen LogP contribution in [0.5, 0.6) is 0 Å². The van der Waals surface area contributed by atoms with Crippen LogP contribution in [0.3, 0.4) is 0 Å². The van der Waals surface area contributed by atoms with E-state index in [2.05, 4.69) is 0 Å². The summed E-state index contributed by atoms with van der Waals surface area (Å²) in [4.78, 5) is 0. The minimum atomic E-state index is -0.975. The molecular formula is C26H42O13. The third-order valence-electron chi connectivity index (χ3n) is 8.55. The van der Waals surface area contributed by atoms with E-state index in [9.17, 15) is 5.11 Å². The van der Waals surface area contributed by atoms with Crippen LogP contribution < -0.4 is 0 Å². The molecule has 0 radical (unpaired) electrons. The normalized spacial score (nSPS) is 46.5. The second-order valence-electron chi connectivity index (χ2n) is 12.8.